The number of carbonyl (C=O) groups is 1. The molecule has 0 radical (unpaired) electrons. The Labute approximate surface area is 178 Å². The lowest BCUT2D eigenvalue weighted by atomic mass is 10.2. The van der Waals surface area contributed by atoms with Crippen LogP contribution >= 0.6 is 23.1 Å². The minimum absolute atomic E-state index is 0.0462. The summed E-state index contributed by atoms with van der Waals surface area (Å²) in [7, 11) is 1.57. The first-order valence-corrected chi connectivity index (χ1v) is 11.1. The SMILES string of the molecule is COc1ccc(C)cc1NC(=O)CSc1nc2sc(C)c(C)c2c(=O)n1C(C)C. The molecule has 3 aromatic rings. The second-order valence-electron chi connectivity index (χ2n) is 7.17. The zero-order chi connectivity index (χ0) is 21.3. The molecule has 29 heavy (non-hydrogen) atoms. The molecule has 0 aliphatic carbocycles. The molecular weight excluding hydrogens is 406 g/mol. The van der Waals surface area contributed by atoms with Gasteiger partial charge in [0.1, 0.15) is 10.6 Å². The van der Waals surface area contributed by atoms with Gasteiger partial charge in [0.2, 0.25) is 5.91 Å². The van der Waals surface area contributed by atoms with Gasteiger partial charge in [-0.15, -0.1) is 11.3 Å². The Morgan fingerprint density at radius 2 is 2.03 bits per heavy atom. The molecule has 154 valence electrons. The summed E-state index contributed by atoms with van der Waals surface area (Å²) >= 11 is 2.79. The first-order chi connectivity index (χ1) is 13.7. The Morgan fingerprint density at radius 1 is 1.31 bits per heavy atom. The number of anilines is 1. The lowest BCUT2D eigenvalue weighted by molar-refractivity contribution is -0.113. The number of benzene rings is 1. The van der Waals surface area contributed by atoms with Crippen molar-refractivity contribution < 1.29 is 9.53 Å². The number of carbonyl (C=O) groups excluding carboxylic acids is 1. The number of thiophene rings is 1. The Bertz CT molecular complexity index is 1130. The largest absolute Gasteiger partial charge is 0.495 e. The zero-order valence-corrected chi connectivity index (χ0v) is 19.1. The van der Waals surface area contributed by atoms with Crippen LogP contribution in [-0.2, 0) is 4.79 Å². The Morgan fingerprint density at radius 3 is 2.69 bits per heavy atom. The van der Waals surface area contributed by atoms with Crippen LogP contribution in [0, 0.1) is 20.8 Å². The van der Waals surface area contributed by atoms with Crippen LogP contribution in [0.1, 0.15) is 35.9 Å². The van der Waals surface area contributed by atoms with Crippen LogP contribution in [0.5, 0.6) is 5.75 Å². The summed E-state index contributed by atoms with van der Waals surface area (Å²) in [5, 5.41) is 4.13. The highest BCUT2D eigenvalue weighted by molar-refractivity contribution is 7.99. The first kappa shape index (κ1) is 21.4. The number of nitrogens with zero attached hydrogens (tertiary/aromatic N) is 2. The minimum Gasteiger partial charge on any atom is -0.495 e. The number of thioether (sulfide) groups is 1. The lowest BCUT2D eigenvalue weighted by Gasteiger charge is -2.15. The van der Waals surface area contributed by atoms with Crippen LogP contribution < -0.4 is 15.6 Å². The molecule has 0 bridgehead atoms. The number of amides is 1. The average molecular weight is 432 g/mol. The minimum atomic E-state index is -0.179. The predicted molar refractivity (Wildman–Crippen MR) is 121 cm³/mol. The summed E-state index contributed by atoms with van der Waals surface area (Å²) in [6.07, 6.45) is 0. The van der Waals surface area contributed by atoms with Crippen molar-refractivity contribution in [1.82, 2.24) is 9.55 Å². The van der Waals surface area contributed by atoms with Gasteiger partial charge in [0.15, 0.2) is 5.16 Å². The van der Waals surface area contributed by atoms with Gasteiger partial charge < -0.3 is 10.1 Å². The Balaban J connectivity index is 1.87. The van der Waals surface area contributed by atoms with E-state index in [9.17, 15) is 9.59 Å². The van der Waals surface area contributed by atoms with Gasteiger partial charge in [0, 0.05) is 10.9 Å². The highest BCUT2D eigenvalue weighted by Gasteiger charge is 2.19. The molecule has 6 nitrogen and oxygen atoms in total. The van der Waals surface area contributed by atoms with Gasteiger partial charge in [-0.2, -0.15) is 0 Å². The quantitative estimate of drug-likeness (QED) is 0.452. The molecule has 0 fully saturated rings. The van der Waals surface area contributed by atoms with Crippen LogP contribution in [0.4, 0.5) is 5.69 Å². The smallest absolute Gasteiger partial charge is 0.263 e. The molecule has 0 saturated carbocycles. The van der Waals surface area contributed by atoms with E-state index in [1.165, 1.54) is 23.1 Å². The van der Waals surface area contributed by atoms with Crippen molar-refractivity contribution in [3.05, 3.63) is 44.6 Å². The highest BCUT2D eigenvalue weighted by atomic mass is 32.2. The van der Waals surface area contributed by atoms with E-state index in [2.05, 4.69) is 5.32 Å². The van der Waals surface area contributed by atoms with Crippen molar-refractivity contribution in [3.63, 3.8) is 0 Å². The van der Waals surface area contributed by atoms with Gasteiger partial charge in [0.25, 0.3) is 5.56 Å². The van der Waals surface area contributed by atoms with E-state index in [1.807, 2.05) is 52.8 Å². The summed E-state index contributed by atoms with van der Waals surface area (Å²) in [5.74, 6) is 0.574. The first-order valence-electron chi connectivity index (χ1n) is 9.32. The summed E-state index contributed by atoms with van der Waals surface area (Å²) < 4.78 is 6.99. The van der Waals surface area contributed by atoms with Gasteiger partial charge in [0.05, 0.1) is 23.9 Å². The fourth-order valence-corrected chi connectivity index (χ4v) is 5.08. The topological polar surface area (TPSA) is 73.2 Å². The summed E-state index contributed by atoms with van der Waals surface area (Å²) in [6.45, 7) is 9.81. The molecule has 0 aliphatic rings. The molecule has 2 heterocycles. The molecule has 0 atom stereocenters. The number of nitrogens with one attached hydrogen (secondary N) is 1. The number of hydrogen-bond acceptors (Lipinski definition) is 6. The number of ether oxygens (including phenoxy) is 1. The second kappa shape index (κ2) is 8.59. The zero-order valence-electron chi connectivity index (χ0n) is 17.5. The highest BCUT2D eigenvalue weighted by Crippen LogP contribution is 2.30. The fraction of sp³-hybridized carbons (Fsp3) is 0.381. The van der Waals surface area contributed by atoms with Crippen molar-refractivity contribution in [1.29, 1.82) is 0 Å². The van der Waals surface area contributed by atoms with Crippen LogP contribution in [-0.4, -0.2) is 28.3 Å². The fourth-order valence-electron chi connectivity index (χ4n) is 3.08. The lowest BCUT2D eigenvalue weighted by Crippen LogP contribution is -2.25. The molecule has 8 heteroatoms. The molecule has 2 aromatic heterocycles. The van der Waals surface area contributed by atoms with E-state index in [0.29, 0.717) is 22.0 Å². The third kappa shape index (κ3) is 4.33. The predicted octanol–water partition coefficient (Wildman–Crippen LogP) is 4.70. The van der Waals surface area contributed by atoms with Crippen LogP contribution in [0.25, 0.3) is 10.2 Å². The molecule has 1 N–H and O–H groups in total. The number of fused-ring (bicyclic) bond motifs is 1. The van der Waals surface area contributed by atoms with Gasteiger partial charge in [-0.3, -0.25) is 14.2 Å². The van der Waals surface area contributed by atoms with E-state index in [4.69, 9.17) is 9.72 Å². The summed E-state index contributed by atoms with van der Waals surface area (Å²) in [5.41, 5.74) is 2.60. The average Bonchev–Trinajstić information content (AvgIpc) is 2.94. The third-order valence-corrected chi connectivity index (χ3v) is 6.73. The summed E-state index contributed by atoms with van der Waals surface area (Å²) in [6, 6.07) is 5.56. The van der Waals surface area contributed by atoms with Crippen LogP contribution in [0.2, 0.25) is 0 Å². The normalized spacial score (nSPS) is 11.3. The summed E-state index contributed by atoms with van der Waals surface area (Å²) in [4.78, 5) is 32.2. The Kier molecular flexibility index (Phi) is 6.33. The van der Waals surface area contributed by atoms with Gasteiger partial charge in [-0.05, 0) is 57.9 Å². The van der Waals surface area contributed by atoms with E-state index in [1.54, 1.807) is 11.7 Å². The number of rotatable bonds is 6. The molecule has 0 unspecified atom stereocenters. The maximum atomic E-state index is 13.1. The Hall–Kier alpha value is -2.32. The molecule has 1 amide bonds. The monoisotopic (exact) mass is 431 g/mol. The van der Waals surface area contributed by atoms with Crippen LogP contribution in [0.15, 0.2) is 28.2 Å². The van der Waals surface area contributed by atoms with E-state index in [-0.39, 0.29) is 23.3 Å². The number of hydrogen-bond donors (Lipinski definition) is 1. The molecule has 3 rings (SSSR count). The molecule has 0 spiro atoms. The van der Waals surface area contributed by atoms with Gasteiger partial charge in [-0.1, -0.05) is 17.8 Å². The standard InChI is InChI=1S/C21H25N3O3S2/c1-11(2)24-20(26)18-13(4)14(5)29-19(18)23-21(24)28-10-17(25)22-15-9-12(3)7-8-16(15)27-6/h7-9,11H,10H2,1-6H3,(H,22,25). The maximum absolute atomic E-state index is 13.1. The maximum Gasteiger partial charge on any atom is 0.263 e. The second-order valence-corrected chi connectivity index (χ2v) is 9.31. The van der Waals surface area contributed by atoms with Gasteiger partial charge in [-0.25, -0.2) is 4.98 Å². The number of methoxy groups -OCH3 is 1. The van der Waals surface area contributed by atoms with Gasteiger partial charge >= 0.3 is 0 Å². The van der Waals surface area contributed by atoms with Crippen LogP contribution in [0.3, 0.4) is 0 Å². The van der Waals surface area contributed by atoms with Crippen molar-refractivity contribution in [2.24, 2.45) is 0 Å². The van der Waals surface area contributed by atoms with Crippen molar-refractivity contribution >= 4 is 44.9 Å². The molecule has 0 saturated heterocycles. The van der Waals surface area contributed by atoms with Crippen molar-refractivity contribution in [2.75, 3.05) is 18.2 Å². The van der Waals surface area contributed by atoms with Crippen molar-refractivity contribution in [2.45, 2.75) is 45.8 Å². The number of aryl methyl sites for hydroxylation is 3. The van der Waals surface area contributed by atoms with E-state index >= 15 is 0 Å². The van der Waals surface area contributed by atoms with E-state index < -0.39 is 0 Å². The third-order valence-electron chi connectivity index (χ3n) is 4.68. The van der Waals surface area contributed by atoms with E-state index in [0.717, 1.165) is 20.8 Å². The number of aromatic nitrogens is 2. The molecule has 1 aromatic carbocycles. The van der Waals surface area contributed by atoms with Crippen molar-refractivity contribution in [3.8, 4) is 5.75 Å². The molecular formula is C21H25N3O3S2. The molecule has 0 aliphatic heterocycles.